The fourth-order valence-corrected chi connectivity index (χ4v) is 2.86. The van der Waals surface area contributed by atoms with Crippen LogP contribution in [0, 0.1) is 0 Å². The summed E-state index contributed by atoms with van der Waals surface area (Å²) in [6, 6.07) is 14.7. The number of rotatable bonds is 6. The van der Waals surface area contributed by atoms with Crippen LogP contribution in [-0.4, -0.2) is 30.0 Å². The van der Waals surface area contributed by atoms with Gasteiger partial charge in [-0.25, -0.2) is 4.99 Å². The fourth-order valence-electron chi connectivity index (χ4n) is 2.61. The number of nitrogens with two attached hydrogens (primary N) is 2. The average Bonchev–Trinajstić information content (AvgIpc) is 2.62. The summed E-state index contributed by atoms with van der Waals surface area (Å²) in [6.07, 6.45) is 0.401. The Labute approximate surface area is 162 Å². The molecule has 0 amide bonds. The van der Waals surface area contributed by atoms with E-state index in [1.54, 1.807) is 12.1 Å². The van der Waals surface area contributed by atoms with Crippen LogP contribution >= 0.6 is 23.2 Å². The molecule has 0 spiro atoms. The lowest BCUT2D eigenvalue weighted by molar-refractivity contribution is 0.258. The molecule has 0 bridgehead atoms. The maximum Gasteiger partial charge on any atom is 0.220 e. The van der Waals surface area contributed by atoms with Crippen LogP contribution in [0.15, 0.2) is 58.5 Å². The van der Waals surface area contributed by atoms with Crippen molar-refractivity contribution in [3.63, 3.8) is 0 Å². The van der Waals surface area contributed by atoms with Crippen LogP contribution in [0.1, 0.15) is 18.2 Å². The molecule has 2 aromatic rings. The van der Waals surface area contributed by atoms with Crippen molar-refractivity contribution in [1.29, 1.82) is 0 Å². The van der Waals surface area contributed by atoms with Gasteiger partial charge in [0.2, 0.25) is 11.9 Å². The highest BCUT2D eigenvalue weighted by molar-refractivity contribution is 6.30. The minimum atomic E-state index is -0.333. The monoisotopic (exact) mass is 391 g/mol. The van der Waals surface area contributed by atoms with E-state index in [1.807, 2.05) is 41.3 Å². The summed E-state index contributed by atoms with van der Waals surface area (Å²) in [4.78, 5) is 10.4. The first-order valence-corrected chi connectivity index (χ1v) is 8.86. The highest BCUT2D eigenvalue weighted by atomic mass is 35.5. The average molecular weight is 392 g/mol. The number of halogens is 2. The molecule has 1 heterocycles. The van der Waals surface area contributed by atoms with E-state index in [-0.39, 0.29) is 12.1 Å². The minimum Gasteiger partial charge on any atom is -0.494 e. The van der Waals surface area contributed by atoms with Gasteiger partial charge < -0.3 is 21.1 Å². The Hall–Kier alpha value is -2.44. The molecule has 8 heteroatoms. The summed E-state index contributed by atoms with van der Waals surface area (Å²) in [5.41, 5.74) is 12.8. The lowest BCUT2D eigenvalue weighted by Gasteiger charge is -2.32. The predicted molar refractivity (Wildman–Crippen MR) is 106 cm³/mol. The van der Waals surface area contributed by atoms with Crippen LogP contribution in [0.2, 0.25) is 10.0 Å². The molecule has 1 aliphatic heterocycles. The van der Waals surface area contributed by atoms with Gasteiger partial charge in [-0.2, -0.15) is 4.99 Å². The number of nitrogens with zero attached hydrogens (tertiary/aromatic N) is 3. The lowest BCUT2D eigenvalue weighted by atomic mass is 10.1. The van der Waals surface area contributed by atoms with Crippen molar-refractivity contribution >= 4 is 35.1 Å². The third-order valence-corrected chi connectivity index (χ3v) is 4.37. The molecule has 3 rings (SSSR count). The van der Waals surface area contributed by atoms with Crippen molar-refractivity contribution < 1.29 is 4.74 Å². The maximum atomic E-state index is 6.07. The van der Waals surface area contributed by atoms with Crippen molar-refractivity contribution in [2.75, 3.05) is 13.2 Å². The number of hydrogen-bond acceptors (Lipinski definition) is 6. The topological polar surface area (TPSA) is 89.2 Å². The van der Waals surface area contributed by atoms with Gasteiger partial charge in [0.15, 0.2) is 6.17 Å². The molecule has 0 saturated heterocycles. The second kappa shape index (κ2) is 8.29. The summed E-state index contributed by atoms with van der Waals surface area (Å²) < 4.78 is 5.72. The summed E-state index contributed by atoms with van der Waals surface area (Å²) in [5.74, 6) is 1.27. The third kappa shape index (κ3) is 4.59. The normalized spacial score (nSPS) is 16.8. The molecule has 1 atom stereocenters. The van der Waals surface area contributed by atoms with Gasteiger partial charge in [0.05, 0.1) is 6.61 Å². The van der Waals surface area contributed by atoms with Crippen molar-refractivity contribution in [2.45, 2.75) is 12.6 Å². The Balaban J connectivity index is 1.63. The number of benzene rings is 2. The molecule has 26 heavy (non-hydrogen) atoms. The summed E-state index contributed by atoms with van der Waals surface area (Å²) >= 11 is 11.8. The number of aliphatic imine (C=N–C) groups is 2. The van der Waals surface area contributed by atoms with E-state index in [4.69, 9.17) is 39.4 Å². The molecular weight excluding hydrogens is 373 g/mol. The summed E-state index contributed by atoms with van der Waals surface area (Å²) in [7, 11) is 0. The first-order valence-electron chi connectivity index (χ1n) is 8.11. The Morgan fingerprint density at radius 1 is 0.962 bits per heavy atom. The Morgan fingerprint density at radius 2 is 1.58 bits per heavy atom. The maximum absolute atomic E-state index is 6.07. The SMILES string of the molecule is NC1=NC(c2ccc(Cl)cc2)N(CCCOc2ccc(Cl)cc2)C(N)=N1. The van der Waals surface area contributed by atoms with Crippen LogP contribution in [0.5, 0.6) is 5.75 Å². The quantitative estimate of drug-likeness (QED) is 0.738. The van der Waals surface area contributed by atoms with E-state index < -0.39 is 0 Å². The first kappa shape index (κ1) is 18.4. The van der Waals surface area contributed by atoms with Gasteiger partial charge in [0.25, 0.3) is 0 Å². The molecule has 2 aromatic carbocycles. The fraction of sp³-hybridized carbons (Fsp3) is 0.222. The highest BCUT2D eigenvalue weighted by Crippen LogP contribution is 2.26. The zero-order valence-electron chi connectivity index (χ0n) is 14.0. The Kier molecular flexibility index (Phi) is 5.85. The lowest BCUT2D eigenvalue weighted by Crippen LogP contribution is -2.44. The molecule has 0 aliphatic carbocycles. The van der Waals surface area contributed by atoms with Gasteiger partial charge in [-0.15, -0.1) is 0 Å². The van der Waals surface area contributed by atoms with E-state index in [0.717, 1.165) is 17.7 Å². The highest BCUT2D eigenvalue weighted by Gasteiger charge is 2.25. The standard InChI is InChI=1S/C18H19Cl2N5O/c19-13-4-2-12(3-5-13)16-23-17(21)24-18(22)25(16)10-1-11-26-15-8-6-14(20)7-9-15/h2-9,16H,1,10-11H2,(H4,21,22,23,24). The Morgan fingerprint density at radius 3 is 2.23 bits per heavy atom. The molecule has 1 unspecified atom stereocenters. The van der Waals surface area contributed by atoms with Crippen LogP contribution in [0.4, 0.5) is 0 Å². The van der Waals surface area contributed by atoms with E-state index in [0.29, 0.717) is 29.2 Å². The molecule has 0 fully saturated rings. The minimum absolute atomic E-state index is 0.163. The molecule has 0 aromatic heterocycles. The van der Waals surface area contributed by atoms with Crippen LogP contribution in [0.25, 0.3) is 0 Å². The van der Waals surface area contributed by atoms with Gasteiger partial charge in [-0.05, 0) is 48.4 Å². The van der Waals surface area contributed by atoms with Crippen molar-refractivity contribution in [2.24, 2.45) is 21.5 Å². The van der Waals surface area contributed by atoms with Crippen LogP contribution < -0.4 is 16.2 Å². The molecule has 0 radical (unpaired) electrons. The number of guanidine groups is 2. The molecule has 6 nitrogen and oxygen atoms in total. The van der Waals surface area contributed by atoms with E-state index >= 15 is 0 Å². The van der Waals surface area contributed by atoms with E-state index in [2.05, 4.69) is 9.98 Å². The largest absolute Gasteiger partial charge is 0.494 e. The summed E-state index contributed by atoms with van der Waals surface area (Å²) in [6.45, 7) is 1.14. The van der Waals surface area contributed by atoms with Gasteiger partial charge in [-0.3, -0.25) is 0 Å². The van der Waals surface area contributed by atoms with Crippen molar-refractivity contribution in [1.82, 2.24) is 4.90 Å². The van der Waals surface area contributed by atoms with Crippen LogP contribution in [-0.2, 0) is 0 Å². The summed E-state index contributed by atoms with van der Waals surface area (Å²) in [5, 5.41) is 1.34. The molecule has 4 N–H and O–H groups in total. The van der Waals surface area contributed by atoms with Crippen LogP contribution in [0.3, 0.4) is 0 Å². The number of hydrogen-bond donors (Lipinski definition) is 2. The van der Waals surface area contributed by atoms with Gasteiger partial charge in [-0.1, -0.05) is 35.3 Å². The third-order valence-electron chi connectivity index (χ3n) is 3.87. The zero-order chi connectivity index (χ0) is 18.5. The number of ether oxygens (including phenoxy) is 1. The van der Waals surface area contributed by atoms with E-state index in [1.165, 1.54) is 0 Å². The smallest absolute Gasteiger partial charge is 0.220 e. The predicted octanol–water partition coefficient (Wildman–Crippen LogP) is 3.41. The second-order valence-corrected chi connectivity index (χ2v) is 6.60. The molecular formula is C18H19Cl2N5O. The van der Waals surface area contributed by atoms with Crippen molar-refractivity contribution in [3.8, 4) is 5.75 Å². The Bertz CT molecular complexity index is 805. The first-order chi connectivity index (χ1) is 12.5. The second-order valence-electron chi connectivity index (χ2n) is 5.73. The molecule has 136 valence electrons. The van der Waals surface area contributed by atoms with Gasteiger partial charge in [0, 0.05) is 16.6 Å². The molecule has 1 aliphatic rings. The molecule has 0 saturated carbocycles. The van der Waals surface area contributed by atoms with E-state index in [9.17, 15) is 0 Å². The van der Waals surface area contributed by atoms with Gasteiger partial charge in [0.1, 0.15) is 5.75 Å². The zero-order valence-corrected chi connectivity index (χ0v) is 15.5. The van der Waals surface area contributed by atoms with Gasteiger partial charge >= 0.3 is 0 Å². The van der Waals surface area contributed by atoms with Crippen molar-refractivity contribution in [3.05, 3.63) is 64.1 Å².